The number of hydrogen-bond donors (Lipinski definition) is 1. The molecule has 0 fully saturated rings. The molecule has 2 nitrogen and oxygen atoms in total. The SMILES string of the molecule is C=C(C)/C=C/NC(=O)c1ccccc1. The van der Waals surface area contributed by atoms with Gasteiger partial charge >= 0.3 is 0 Å². The minimum atomic E-state index is -0.108. The van der Waals surface area contributed by atoms with Gasteiger partial charge in [-0.2, -0.15) is 0 Å². The molecule has 2 heteroatoms. The summed E-state index contributed by atoms with van der Waals surface area (Å²) in [5, 5.41) is 2.65. The highest BCUT2D eigenvalue weighted by Crippen LogP contribution is 1.97. The van der Waals surface area contributed by atoms with Crippen molar-refractivity contribution in [2.45, 2.75) is 6.92 Å². The van der Waals surface area contributed by atoms with Crippen LogP contribution in [0.5, 0.6) is 0 Å². The third-order valence-corrected chi connectivity index (χ3v) is 1.62. The van der Waals surface area contributed by atoms with Gasteiger partial charge in [0, 0.05) is 11.8 Å². The standard InChI is InChI=1S/C12H13NO/c1-10(2)8-9-13-12(14)11-6-4-3-5-7-11/h3-9H,1H2,2H3,(H,13,14)/b9-8+. The fourth-order valence-corrected chi connectivity index (χ4v) is 0.932. The van der Waals surface area contributed by atoms with Gasteiger partial charge in [-0.1, -0.05) is 30.4 Å². The average Bonchev–Trinajstić information content (AvgIpc) is 2.18. The predicted octanol–water partition coefficient (Wildman–Crippen LogP) is 2.51. The van der Waals surface area contributed by atoms with E-state index in [0.717, 1.165) is 5.57 Å². The number of allylic oxidation sites excluding steroid dienone is 2. The summed E-state index contributed by atoms with van der Waals surface area (Å²) in [5.74, 6) is -0.108. The van der Waals surface area contributed by atoms with E-state index in [-0.39, 0.29) is 5.91 Å². The van der Waals surface area contributed by atoms with Crippen molar-refractivity contribution in [3.8, 4) is 0 Å². The lowest BCUT2D eigenvalue weighted by Crippen LogP contribution is -2.16. The van der Waals surface area contributed by atoms with Crippen LogP contribution in [0, 0.1) is 0 Å². The van der Waals surface area contributed by atoms with E-state index in [0.29, 0.717) is 5.56 Å². The summed E-state index contributed by atoms with van der Waals surface area (Å²) in [4.78, 5) is 11.4. The van der Waals surface area contributed by atoms with Crippen molar-refractivity contribution >= 4 is 5.91 Å². The van der Waals surface area contributed by atoms with Crippen LogP contribution >= 0.6 is 0 Å². The van der Waals surface area contributed by atoms with Crippen LogP contribution in [0.4, 0.5) is 0 Å². The van der Waals surface area contributed by atoms with E-state index in [4.69, 9.17) is 0 Å². The van der Waals surface area contributed by atoms with Crippen molar-refractivity contribution < 1.29 is 4.79 Å². The Kier molecular flexibility index (Phi) is 3.68. The van der Waals surface area contributed by atoms with Crippen molar-refractivity contribution in [3.63, 3.8) is 0 Å². The first kappa shape index (κ1) is 10.3. The number of benzene rings is 1. The van der Waals surface area contributed by atoms with Gasteiger partial charge in [-0.05, 0) is 25.1 Å². The first-order chi connectivity index (χ1) is 6.70. The molecule has 1 rings (SSSR count). The molecule has 0 radical (unpaired) electrons. The van der Waals surface area contributed by atoms with Gasteiger partial charge in [0.1, 0.15) is 0 Å². The Hall–Kier alpha value is -1.83. The maximum Gasteiger partial charge on any atom is 0.255 e. The second kappa shape index (κ2) is 5.02. The van der Waals surface area contributed by atoms with Crippen LogP contribution in [0.1, 0.15) is 17.3 Å². The van der Waals surface area contributed by atoms with Crippen molar-refractivity contribution in [2.24, 2.45) is 0 Å². The summed E-state index contributed by atoms with van der Waals surface area (Å²) in [6, 6.07) is 9.07. The lowest BCUT2D eigenvalue weighted by Gasteiger charge is -1.98. The Labute approximate surface area is 84.0 Å². The number of carbonyl (C=O) groups is 1. The maximum atomic E-state index is 11.4. The first-order valence-corrected chi connectivity index (χ1v) is 4.38. The zero-order valence-corrected chi connectivity index (χ0v) is 8.16. The minimum Gasteiger partial charge on any atom is -0.329 e. The monoisotopic (exact) mass is 187 g/mol. The second-order valence-corrected chi connectivity index (χ2v) is 3.02. The topological polar surface area (TPSA) is 29.1 Å². The molecule has 1 aromatic rings. The van der Waals surface area contributed by atoms with Gasteiger partial charge in [-0.3, -0.25) is 4.79 Å². The Morgan fingerprint density at radius 3 is 2.57 bits per heavy atom. The summed E-state index contributed by atoms with van der Waals surface area (Å²) >= 11 is 0. The molecule has 0 aliphatic rings. The highest BCUT2D eigenvalue weighted by Gasteiger charge is 1.99. The molecule has 0 bridgehead atoms. The van der Waals surface area contributed by atoms with Crippen molar-refractivity contribution in [3.05, 3.63) is 60.3 Å². The highest BCUT2D eigenvalue weighted by atomic mass is 16.1. The minimum absolute atomic E-state index is 0.108. The van der Waals surface area contributed by atoms with Crippen LogP contribution < -0.4 is 5.32 Å². The summed E-state index contributed by atoms with van der Waals surface area (Å²) in [7, 11) is 0. The van der Waals surface area contributed by atoms with Crippen LogP contribution in [0.2, 0.25) is 0 Å². The molecule has 1 aromatic carbocycles. The molecular formula is C12H13NO. The van der Waals surface area contributed by atoms with E-state index in [1.165, 1.54) is 0 Å². The zero-order valence-electron chi connectivity index (χ0n) is 8.16. The number of rotatable bonds is 3. The molecule has 0 aromatic heterocycles. The van der Waals surface area contributed by atoms with Gasteiger partial charge in [-0.25, -0.2) is 0 Å². The molecule has 1 amide bonds. The van der Waals surface area contributed by atoms with Gasteiger partial charge in [0.2, 0.25) is 0 Å². The van der Waals surface area contributed by atoms with E-state index < -0.39 is 0 Å². The van der Waals surface area contributed by atoms with Crippen LogP contribution in [0.3, 0.4) is 0 Å². The zero-order chi connectivity index (χ0) is 10.4. The molecule has 0 aliphatic carbocycles. The fourth-order valence-electron chi connectivity index (χ4n) is 0.932. The number of hydrogen-bond acceptors (Lipinski definition) is 1. The predicted molar refractivity (Wildman–Crippen MR) is 57.9 cm³/mol. The molecule has 72 valence electrons. The lowest BCUT2D eigenvalue weighted by molar-refractivity contribution is 0.0970. The van der Waals surface area contributed by atoms with Gasteiger partial charge in [0.15, 0.2) is 0 Å². The Bertz CT molecular complexity index is 352. The quantitative estimate of drug-likeness (QED) is 0.724. The Morgan fingerprint density at radius 1 is 1.36 bits per heavy atom. The van der Waals surface area contributed by atoms with Crippen molar-refractivity contribution in [2.75, 3.05) is 0 Å². The van der Waals surface area contributed by atoms with E-state index in [1.54, 1.807) is 24.4 Å². The summed E-state index contributed by atoms with van der Waals surface area (Å²) in [6.45, 7) is 5.55. The average molecular weight is 187 g/mol. The third-order valence-electron chi connectivity index (χ3n) is 1.62. The van der Waals surface area contributed by atoms with E-state index in [2.05, 4.69) is 11.9 Å². The fraction of sp³-hybridized carbons (Fsp3) is 0.0833. The van der Waals surface area contributed by atoms with Crippen LogP contribution in [-0.4, -0.2) is 5.91 Å². The van der Waals surface area contributed by atoms with Crippen LogP contribution in [0.25, 0.3) is 0 Å². The largest absolute Gasteiger partial charge is 0.329 e. The second-order valence-electron chi connectivity index (χ2n) is 3.02. The third kappa shape index (κ3) is 3.27. The molecule has 0 spiro atoms. The molecule has 0 saturated heterocycles. The van der Waals surface area contributed by atoms with E-state index >= 15 is 0 Å². The molecule has 0 unspecified atom stereocenters. The normalized spacial score (nSPS) is 10.1. The maximum absolute atomic E-state index is 11.4. The molecular weight excluding hydrogens is 174 g/mol. The van der Waals surface area contributed by atoms with Gasteiger partial charge in [0.05, 0.1) is 0 Å². The van der Waals surface area contributed by atoms with Crippen LogP contribution in [-0.2, 0) is 0 Å². The van der Waals surface area contributed by atoms with E-state index in [1.807, 2.05) is 25.1 Å². The summed E-state index contributed by atoms with van der Waals surface area (Å²) < 4.78 is 0. The molecule has 0 atom stereocenters. The van der Waals surface area contributed by atoms with Crippen LogP contribution in [0.15, 0.2) is 54.8 Å². The van der Waals surface area contributed by atoms with Gasteiger partial charge in [-0.15, -0.1) is 0 Å². The first-order valence-electron chi connectivity index (χ1n) is 4.38. The Morgan fingerprint density at radius 2 is 2.00 bits per heavy atom. The Balaban J connectivity index is 2.56. The van der Waals surface area contributed by atoms with Gasteiger partial charge < -0.3 is 5.32 Å². The van der Waals surface area contributed by atoms with Crippen molar-refractivity contribution in [1.82, 2.24) is 5.32 Å². The lowest BCUT2D eigenvalue weighted by atomic mass is 10.2. The molecule has 1 N–H and O–H groups in total. The number of nitrogens with one attached hydrogen (secondary N) is 1. The van der Waals surface area contributed by atoms with Crippen molar-refractivity contribution in [1.29, 1.82) is 0 Å². The molecule has 0 heterocycles. The summed E-state index contributed by atoms with van der Waals surface area (Å²) in [5.41, 5.74) is 1.55. The number of amides is 1. The van der Waals surface area contributed by atoms with Gasteiger partial charge in [0.25, 0.3) is 5.91 Å². The molecule has 14 heavy (non-hydrogen) atoms. The van der Waals surface area contributed by atoms with E-state index in [9.17, 15) is 4.79 Å². The smallest absolute Gasteiger partial charge is 0.255 e. The highest BCUT2D eigenvalue weighted by molar-refractivity contribution is 5.94. The molecule has 0 aliphatic heterocycles. The molecule has 0 saturated carbocycles. The number of carbonyl (C=O) groups excluding carboxylic acids is 1. The summed E-state index contributed by atoms with van der Waals surface area (Å²) in [6.07, 6.45) is 3.35.